The summed E-state index contributed by atoms with van der Waals surface area (Å²) in [7, 11) is 0.968. The van der Waals surface area contributed by atoms with Crippen molar-refractivity contribution in [3.63, 3.8) is 0 Å². The molecular formula is C19H34O6Si. The molecule has 1 fully saturated rings. The van der Waals surface area contributed by atoms with E-state index in [0.717, 1.165) is 0 Å². The number of fused-ring (bicyclic) bond motifs is 1. The zero-order valence-electron chi connectivity index (χ0n) is 17.8. The van der Waals surface area contributed by atoms with Gasteiger partial charge in [0.2, 0.25) is 11.6 Å². The molecule has 0 radical (unpaired) electrons. The predicted molar refractivity (Wildman–Crippen MR) is 101 cm³/mol. The second-order valence-corrected chi connectivity index (χ2v) is 13.7. The van der Waals surface area contributed by atoms with Crippen molar-refractivity contribution in [2.75, 3.05) is 14.2 Å². The Morgan fingerprint density at radius 1 is 1.08 bits per heavy atom. The van der Waals surface area contributed by atoms with E-state index in [1.165, 1.54) is 14.2 Å². The lowest BCUT2D eigenvalue weighted by molar-refractivity contribution is -0.446. The minimum atomic E-state index is -2.08. The molecule has 1 aliphatic carbocycles. The van der Waals surface area contributed by atoms with E-state index in [2.05, 4.69) is 33.9 Å². The van der Waals surface area contributed by atoms with Crippen LogP contribution in [-0.4, -0.2) is 58.2 Å². The van der Waals surface area contributed by atoms with Crippen molar-refractivity contribution in [1.82, 2.24) is 0 Å². The van der Waals surface area contributed by atoms with Crippen LogP contribution in [0.1, 0.15) is 41.5 Å². The van der Waals surface area contributed by atoms with E-state index in [0.29, 0.717) is 5.57 Å². The van der Waals surface area contributed by atoms with E-state index in [-0.39, 0.29) is 16.9 Å². The molecule has 0 saturated carbocycles. The molecule has 7 heteroatoms. The molecule has 0 unspecified atom stereocenters. The third-order valence-electron chi connectivity index (χ3n) is 6.24. The lowest BCUT2D eigenvalue weighted by atomic mass is 9.89. The average Bonchev–Trinajstić information content (AvgIpc) is 2.53. The van der Waals surface area contributed by atoms with E-state index < -0.39 is 32.1 Å². The van der Waals surface area contributed by atoms with Crippen LogP contribution >= 0.6 is 0 Å². The minimum absolute atomic E-state index is 0.0345. The Bertz CT molecular complexity index is 595. The maximum Gasteiger partial charge on any atom is 0.221 e. The number of methoxy groups -OCH3 is 2. The zero-order chi connectivity index (χ0) is 20.1. The van der Waals surface area contributed by atoms with Gasteiger partial charge in [-0.15, -0.1) is 0 Å². The van der Waals surface area contributed by atoms with Gasteiger partial charge in [0, 0.05) is 14.2 Å². The molecule has 0 amide bonds. The zero-order valence-corrected chi connectivity index (χ0v) is 18.8. The van der Waals surface area contributed by atoms with Gasteiger partial charge >= 0.3 is 0 Å². The van der Waals surface area contributed by atoms with Crippen LogP contribution in [0.4, 0.5) is 0 Å². The highest BCUT2D eigenvalue weighted by Gasteiger charge is 2.61. The van der Waals surface area contributed by atoms with Gasteiger partial charge in [0.1, 0.15) is 6.10 Å². The summed E-state index contributed by atoms with van der Waals surface area (Å²) < 4.78 is 30.1. The molecule has 1 heterocycles. The topological polar surface area (TPSA) is 63.2 Å². The molecular weight excluding hydrogens is 352 g/mol. The fourth-order valence-electron chi connectivity index (χ4n) is 3.02. The van der Waals surface area contributed by atoms with Gasteiger partial charge < -0.3 is 23.4 Å². The number of rotatable bonds is 4. The Kier molecular flexibility index (Phi) is 5.68. The fourth-order valence-corrected chi connectivity index (χ4v) is 4.26. The number of carbonyl (C=O) groups excluding carboxylic acids is 1. The number of hydrogen-bond acceptors (Lipinski definition) is 6. The molecule has 1 saturated heterocycles. The van der Waals surface area contributed by atoms with Crippen LogP contribution in [0.15, 0.2) is 11.6 Å². The first kappa shape index (κ1) is 21.7. The first-order valence-corrected chi connectivity index (χ1v) is 12.0. The van der Waals surface area contributed by atoms with Crippen molar-refractivity contribution in [3.8, 4) is 0 Å². The Morgan fingerprint density at radius 2 is 1.58 bits per heavy atom. The molecule has 2 rings (SSSR count). The van der Waals surface area contributed by atoms with Crippen LogP contribution in [0.3, 0.4) is 0 Å². The smallest absolute Gasteiger partial charge is 0.221 e. The molecule has 5 atom stereocenters. The Labute approximate surface area is 158 Å². The Morgan fingerprint density at radius 3 is 2.04 bits per heavy atom. The van der Waals surface area contributed by atoms with E-state index in [4.69, 9.17) is 23.4 Å². The van der Waals surface area contributed by atoms with Gasteiger partial charge in [-0.1, -0.05) is 20.8 Å². The van der Waals surface area contributed by atoms with Crippen LogP contribution in [0, 0.1) is 0 Å². The summed E-state index contributed by atoms with van der Waals surface area (Å²) in [5.74, 6) is -2.49. The number of Topliss-reactive ketones (excluding diaryl/α,β-unsaturated/α-hetero) is 1. The normalized spacial score (nSPS) is 38.8. The molecule has 150 valence electrons. The van der Waals surface area contributed by atoms with Crippen molar-refractivity contribution in [3.05, 3.63) is 11.6 Å². The summed E-state index contributed by atoms with van der Waals surface area (Å²) in [6.45, 7) is 16.2. The van der Waals surface area contributed by atoms with Gasteiger partial charge in [-0.05, 0) is 50.6 Å². The van der Waals surface area contributed by atoms with Crippen LogP contribution < -0.4 is 0 Å². The molecule has 0 aromatic rings. The average molecular weight is 387 g/mol. The molecule has 0 N–H and O–H groups in total. The second kappa shape index (κ2) is 6.79. The van der Waals surface area contributed by atoms with Crippen molar-refractivity contribution in [1.29, 1.82) is 0 Å². The molecule has 2 aliphatic rings. The highest BCUT2D eigenvalue weighted by molar-refractivity contribution is 6.74. The van der Waals surface area contributed by atoms with Gasteiger partial charge in [0.05, 0.1) is 6.10 Å². The second-order valence-electron chi connectivity index (χ2n) is 8.98. The molecule has 0 spiro atoms. The molecule has 1 aliphatic heterocycles. The quantitative estimate of drug-likeness (QED) is 0.690. The Balaban J connectivity index is 2.43. The van der Waals surface area contributed by atoms with Crippen LogP contribution in [-0.2, 0) is 28.2 Å². The van der Waals surface area contributed by atoms with E-state index in [1.807, 2.05) is 6.08 Å². The SMILES string of the molecule is CO[C@]1(C)O[C@H]2[C@@H](O[Si](C)(C)C(C)(C)C)C=C(C)C(=O)[C@@H]2O[C@@]1(C)OC. The molecule has 0 aromatic heterocycles. The first-order valence-electron chi connectivity index (χ1n) is 9.08. The van der Waals surface area contributed by atoms with Gasteiger partial charge in [0.25, 0.3) is 0 Å². The monoisotopic (exact) mass is 386 g/mol. The third kappa shape index (κ3) is 3.45. The maximum absolute atomic E-state index is 12.8. The van der Waals surface area contributed by atoms with E-state index >= 15 is 0 Å². The summed E-state index contributed by atoms with van der Waals surface area (Å²) in [4.78, 5) is 12.8. The molecule has 26 heavy (non-hydrogen) atoms. The number of hydrogen-bond donors (Lipinski definition) is 0. The van der Waals surface area contributed by atoms with Crippen molar-refractivity contribution in [2.24, 2.45) is 0 Å². The van der Waals surface area contributed by atoms with Crippen molar-refractivity contribution < 1.29 is 28.2 Å². The summed E-state index contributed by atoms with van der Waals surface area (Å²) in [6.07, 6.45) is 0.102. The standard InChI is InChI=1S/C19H34O6Si/c1-12-11-13(25-26(9,10)17(2,3)4)15-16(14(12)20)24-19(6,22-8)18(5,21-7)23-15/h11,13,15-16H,1-10H3/t13-,15-,16-,18+,19+/m0/s1. The fraction of sp³-hybridized carbons (Fsp3) is 0.842. The van der Waals surface area contributed by atoms with Gasteiger partial charge in [-0.25, -0.2) is 0 Å². The number of ether oxygens (including phenoxy) is 4. The van der Waals surface area contributed by atoms with Crippen molar-refractivity contribution in [2.45, 2.75) is 89.6 Å². The summed E-state index contributed by atoms with van der Waals surface area (Å²) >= 11 is 0. The van der Waals surface area contributed by atoms with E-state index in [1.54, 1.807) is 20.8 Å². The predicted octanol–water partition coefficient (Wildman–Crippen LogP) is 3.42. The highest BCUT2D eigenvalue weighted by atomic mass is 28.4. The van der Waals surface area contributed by atoms with Gasteiger partial charge in [-0.2, -0.15) is 0 Å². The van der Waals surface area contributed by atoms with Gasteiger partial charge in [-0.3, -0.25) is 4.79 Å². The lowest BCUT2D eigenvalue weighted by Gasteiger charge is -2.54. The summed E-state index contributed by atoms with van der Waals surface area (Å²) in [6, 6.07) is 0. The molecule has 0 aromatic carbocycles. The maximum atomic E-state index is 12.8. The van der Waals surface area contributed by atoms with Crippen LogP contribution in [0.5, 0.6) is 0 Å². The van der Waals surface area contributed by atoms with Crippen molar-refractivity contribution >= 4 is 14.1 Å². The molecule has 6 nitrogen and oxygen atoms in total. The van der Waals surface area contributed by atoms with Crippen LogP contribution in [0.2, 0.25) is 18.1 Å². The lowest BCUT2D eigenvalue weighted by Crippen LogP contribution is -2.70. The third-order valence-corrected chi connectivity index (χ3v) is 10.7. The number of ketones is 1. The first-order chi connectivity index (χ1) is 11.7. The van der Waals surface area contributed by atoms with Crippen LogP contribution in [0.25, 0.3) is 0 Å². The van der Waals surface area contributed by atoms with E-state index in [9.17, 15) is 4.79 Å². The minimum Gasteiger partial charge on any atom is -0.408 e. The van der Waals surface area contributed by atoms with Gasteiger partial charge in [0.15, 0.2) is 20.2 Å². The number of carbonyl (C=O) groups is 1. The summed E-state index contributed by atoms with van der Waals surface area (Å²) in [5, 5.41) is 0.0345. The summed E-state index contributed by atoms with van der Waals surface area (Å²) in [5.41, 5.74) is 0.623. The highest BCUT2D eigenvalue weighted by Crippen LogP contribution is 2.45. The largest absolute Gasteiger partial charge is 0.408 e. The Hall–Kier alpha value is -0.573. The molecule has 0 bridgehead atoms.